The molecule has 1 saturated heterocycles. The Morgan fingerprint density at radius 1 is 1.35 bits per heavy atom. The Labute approximate surface area is 103 Å². The van der Waals surface area contributed by atoms with Gasteiger partial charge in [0.1, 0.15) is 0 Å². The first kappa shape index (κ1) is 14.4. The molecule has 0 amide bonds. The van der Waals surface area contributed by atoms with Gasteiger partial charge < -0.3 is 14.8 Å². The smallest absolute Gasteiger partial charge is 0.320 e. The summed E-state index contributed by atoms with van der Waals surface area (Å²) >= 11 is 0. The number of methoxy groups -OCH3 is 1. The maximum atomic E-state index is 11.6. The van der Waals surface area contributed by atoms with Crippen LogP contribution in [-0.4, -0.2) is 62.9 Å². The van der Waals surface area contributed by atoms with Crippen LogP contribution in [0.5, 0.6) is 0 Å². The Morgan fingerprint density at radius 3 is 2.59 bits per heavy atom. The van der Waals surface area contributed by atoms with E-state index in [-0.39, 0.29) is 11.6 Å². The van der Waals surface area contributed by atoms with Crippen LogP contribution in [0.25, 0.3) is 0 Å². The minimum absolute atomic E-state index is 0.140. The van der Waals surface area contributed by atoms with Crippen molar-refractivity contribution in [2.45, 2.75) is 25.9 Å². The second kappa shape index (κ2) is 6.93. The Morgan fingerprint density at radius 2 is 2.00 bits per heavy atom. The third-order valence-corrected chi connectivity index (χ3v) is 3.08. The minimum atomic E-state index is -0.227. The molecule has 0 atom stereocenters. The molecule has 0 aromatic heterocycles. The summed E-state index contributed by atoms with van der Waals surface area (Å²) < 4.78 is 10.5. The number of hydrogen-bond acceptors (Lipinski definition) is 5. The van der Waals surface area contributed by atoms with Gasteiger partial charge in [-0.2, -0.15) is 0 Å². The minimum Gasteiger partial charge on any atom is -0.465 e. The van der Waals surface area contributed by atoms with Crippen LogP contribution in [0, 0.1) is 0 Å². The molecule has 0 saturated carbocycles. The topological polar surface area (TPSA) is 50.8 Å². The fourth-order valence-electron chi connectivity index (χ4n) is 1.61. The Balaban J connectivity index is 2.12. The van der Waals surface area contributed by atoms with Crippen LogP contribution < -0.4 is 5.32 Å². The number of nitrogens with one attached hydrogen (secondary N) is 1. The molecule has 1 aliphatic heterocycles. The fraction of sp³-hybridized carbons (Fsp3) is 0.917. The first-order valence-corrected chi connectivity index (χ1v) is 6.17. The third-order valence-electron chi connectivity index (χ3n) is 3.08. The lowest BCUT2D eigenvalue weighted by Gasteiger charge is -2.26. The summed E-state index contributed by atoms with van der Waals surface area (Å²) in [5, 5.41) is 3.25. The predicted octanol–water partition coefficient (Wildman–Crippen LogP) is 0.250. The number of ether oxygens (including phenoxy) is 2. The van der Waals surface area contributed by atoms with E-state index in [0.717, 1.165) is 32.6 Å². The maximum Gasteiger partial charge on any atom is 0.320 e. The lowest BCUT2D eigenvalue weighted by molar-refractivity contribution is -0.146. The average molecular weight is 244 g/mol. The molecule has 0 spiro atoms. The highest BCUT2D eigenvalue weighted by molar-refractivity contribution is 5.71. The number of piperazine rings is 1. The van der Waals surface area contributed by atoms with Crippen LogP contribution in [0.4, 0.5) is 0 Å². The van der Waals surface area contributed by atoms with Crippen molar-refractivity contribution >= 4 is 5.97 Å². The van der Waals surface area contributed by atoms with Crippen LogP contribution in [0.15, 0.2) is 0 Å². The largest absolute Gasteiger partial charge is 0.465 e. The molecule has 1 fully saturated rings. The molecule has 5 nitrogen and oxygen atoms in total. The quantitative estimate of drug-likeness (QED) is 0.679. The van der Waals surface area contributed by atoms with Crippen molar-refractivity contribution in [3.05, 3.63) is 0 Å². The van der Waals surface area contributed by atoms with Gasteiger partial charge in [-0.25, -0.2) is 0 Å². The third kappa shape index (κ3) is 6.00. The van der Waals surface area contributed by atoms with E-state index in [0.29, 0.717) is 13.2 Å². The van der Waals surface area contributed by atoms with Gasteiger partial charge in [-0.3, -0.25) is 9.69 Å². The van der Waals surface area contributed by atoms with Crippen molar-refractivity contribution in [3.63, 3.8) is 0 Å². The van der Waals surface area contributed by atoms with Gasteiger partial charge in [0.25, 0.3) is 0 Å². The van der Waals surface area contributed by atoms with E-state index < -0.39 is 0 Å². The van der Waals surface area contributed by atoms with Crippen LogP contribution in [-0.2, 0) is 14.3 Å². The molecule has 1 aliphatic rings. The lowest BCUT2D eigenvalue weighted by Crippen LogP contribution is -2.45. The molecule has 1 heterocycles. The number of hydrogen-bond donors (Lipinski definition) is 1. The average Bonchev–Trinajstić information content (AvgIpc) is 2.30. The highest BCUT2D eigenvalue weighted by Crippen LogP contribution is 2.12. The predicted molar refractivity (Wildman–Crippen MR) is 66.0 cm³/mol. The van der Waals surface area contributed by atoms with E-state index in [9.17, 15) is 4.79 Å². The molecule has 0 aromatic rings. The number of rotatable bonds is 6. The van der Waals surface area contributed by atoms with Crippen molar-refractivity contribution in [1.82, 2.24) is 10.2 Å². The van der Waals surface area contributed by atoms with Gasteiger partial charge in [-0.05, 0) is 13.8 Å². The first-order valence-electron chi connectivity index (χ1n) is 6.17. The standard InChI is InChI=1S/C12H24N2O3/c1-12(2,16-3)4-9-17-11(15)10-14-7-5-13-6-8-14/h13H,4-10H2,1-3H3. The van der Waals surface area contributed by atoms with Gasteiger partial charge in [0.15, 0.2) is 0 Å². The van der Waals surface area contributed by atoms with Crippen LogP contribution in [0.3, 0.4) is 0 Å². The lowest BCUT2D eigenvalue weighted by atomic mass is 10.1. The van der Waals surface area contributed by atoms with Crippen LogP contribution in [0.1, 0.15) is 20.3 Å². The highest BCUT2D eigenvalue weighted by Gasteiger charge is 2.18. The van der Waals surface area contributed by atoms with E-state index >= 15 is 0 Å². The molecule has 17 heavy (non-hydrogen) atoms. The second-order valence-electron chi connectivity index (χ2n) is 4.96. The zero-order valence-corrected chi connectivity index (χ0v) is 11.1. The number of nitrogens with zero attached hydrogens (tertiary/aromatic N) is 1. The van der Waals surface area contributed by atoms with Gasteiger partial charge >= 0.3 is 5.97 Å². The number of carbonyl (C=O) groups is 1. The van der Waals surface area contributed by atoms with Gasteiger partial charge in [0.2, 0.25) is 0 Å². The van der Waals surface area contributed by atoms with E-state index in [2.05, 4.69) is 10.2 Å². The molecule has 0 aliphatic carbocycles. The van der Waals surface area contributed by atoms with E-state index in [1.54, 1.807) is 7.11 Å². The number of carbonyl (C=O) groups excluding carboxylic acids is 1. The van der Waals surface area contributed by atoms with Gasteiger partial charge in [-0.15, -0.1) is 0 Å². The maximum absolute atomic E-state index is 11.6. The zero-order chi connectivity index (χ0) is 12.7. The summed E-state index contributed by atoms with van der Waals surface area (Å²) in [7, 11) is 1.67. The highest BCUT2D eigenvalue weighted by atomic mass is 16.5. The van der Waals surface area contributed by atoms with Crippen LogP contribution >= 0.6 is 0 Å². The van der Waals surface area contributed by atoms with Gasteiger partial charge in [0.05, 0.1) is 18.8 Å². The molecule has 0 bridgehead atoms. The molecule has 5 heteroatoms. The monoisotopic (exact) mass is 244 g/mol. The van der Waals surface area contributed by atoms with Crippen molar-refractivity contribution in [3.8, 4) is 0 Å². The van der Waals surface area contributed by atoms with Gasteiger partial charge in [0, 0.05) is 39.7 Å². The molecule has 0 unspecified atom stereocenters. The van der Waals surface area contributed by atoms with Crippen molar-refractivity contribution < 1.29 is 14.3 Å². The number of esters is 1. The van der Waals surface area contributed by atoms with Crippen molar-refractivity contribution in [2.24, 2.45) is 0 Å². The van der Waals surface area contributed by atoms with E-state index in [4.69, 9.17) is 9.47 Å². The molecular weight excluding hydrogens is 220 g/mol. The first-order chi connectivity index (χ1) is 8.03. The van der Waals surface area contributed by atoms with E-state index in [1.807, 2.05) is 13.8 Å². The Hall–Kier alpha value is -0.650. The SMILES string of the molecule is COC(C)(C)CCOC(=O)CN1CCNCC1. The van der Waals surface area contributed by atoms with Gasteiger partial charge in [-0.1, -0.05) is 0 Å². The summed E-state index contributed by atoms with van der Waals surface area (Å²) in [6.45, 7) is 8.51. The molecular formula is C12H24N2O3. The normalized spacial score (nSPS) is 18.1. The Kier molecular flexibility index (Phi) is 5.88. The summed E-state index contributed by atoms with van der Waals surface area (Å²) in [6, 6.07) is 0. The summed E-state index contributed by atoms with van der Waals surface area (Å²) in [5.74, 6) is -0.140. The Bertz CT molecular complexity index is 238. The molecule has 1 rings (SSSR count). The molecule has 0 radical (unpaired) electrons. The second-order valence-corrected chi connectivity index (χ2v) is 4.96. The molecule has 1 N–H and O–H groups in total. The molecule has 0 aromatic carbocycles. The van der Waals surface area contributed by atoms with E-state index in [1.165, 1.54) is 0 Å². The zero-order valence-electron chi connectivity index (χ0n) is 11.1. The summed E-state index contributed by atoms with van der Waals surface area (Å²) in [5.41, 5.74) is -0.227. The van der Waals surface area contributed by atoms with Crippen molar-refractivity contribution in [2.75, 3.05) is 46.4 Å². The van der Waals surface area contributed by atoms with Crippen molar-refractivity contribution in [1.29, 1.82) is 0 Å². The summed E-state index contributed by atoms with van der Waals surface area (Å²) in [6.07, 6.45) is 0.719. The fourth-order valence-corrected chi connectivity index (χ4v) is 1.61. The van der Waals surface area contributed by atoms with Crippen LogP contribution in [0.2, 0.25) is 0 Å². The summed E-state index contributed by atoms with van der Waals surface area (Å²) in [4.78, 5) is 13.7. The molecule has 100 valence electrons.